The second kappa shape index (κ2) is 10.4. The number of nitrogens with zero attached hydrogens (tertiary/aromatic N) is 2. The van der Waals surface area contributed by atoms with Crippen molar-refractivity contribution in [2.75, 3.05) is 25.1 Å². The molecule has 5 rings (SSSR count). The normalized spacial score (nSPS) is 15.5. The first-order valence-corrected chi connectivity index (χ1v) is 11.8. The number of halogens is 2. The topological polar surface area (TPSA) is 68.3 Å². The van der Waals surface area contributed by atoms with Gasteiger partial charge < -0.3 is 14.8 Å². The van der Waals surface area contributed by atoms with E-state index in [1.54, 1.807) is 24.3 Å². The van der Waals surface area contributed by atoms with Gasteiger partial charge in [0.2, 0.25) is 0 Å². The number of hydrogen-bond acceptors (Lipinski definition) is 7. The third kappa shape index (κ3) is 5.46. The highest BCUT2D eigenvalue weighted by molar-refractivity contribution is 7.20. The van der Waals surface area contributed by atoms with Crippen molar-refractivity contribution in [2.24, 2.45) is 0 Å². The molecule has 3 heterocycles. The Balaban J connectivity index is 1.30. The van der Waals surface area contributed by atoms with Crippen molar-refractivity contribution in [3.63, 3.8) is 0 Å². The number of fused-ring (bicyclic) bond motifs is 1. The Morgan fingerprint density at radius 1 is 1.24 bits per heavy atom. The molecule has 2 aromatic carbocycles. The molecule has 0 aliphatic carbocycles. The SMILES string of the molecule is Fc1cccc(COc2ccc(Nc3ncnc4cc(C#CC5COCCN5)sc34)cc2Cl)c1. The third-order valence-corrected chi connectivity index (χ3v) is 6.42. The van der Waals surface area contributed by atoms with E-state index in [0.717, 1.165) is 39.5 Å². The van der Waals surface area contributed by atoms with Gasteiger partial charge in [-0.05, 0) is 42.0 Å². The summed E-state index contributed by atoms with van der Waals surface area (Å²) in [5, 5.41) is 7.06. The number of morpholine rings is 1. The minimum Gasteiger partial charge on any atom is -0.487 e. The second-order valence-electron chi connectivity index (χ2n) is 7.59. The van der Waals surface area contributed by atoms with Gasteiger partial charge in [-0.25, -0.2) is 14.4 Å². The average Bonchev–Trinajstić information content (AvgIpc) is 3.27. The summed E-state index contributed by atoms with van der Waals surface area (Å²) in [7, 11) is 0. The average molecular weight is 495 g/mol. The molecule has 1 aliphatic heterocycles. The predicted molar refractivity (Wildman–Crippen MR) is 132 cm³/mol. The molecular weight excluding hydrogens is 475 g/mol. The molecule has 0 saturated carbocycles. The molecule has 0 radical (unpaired) electrons. The van der Waals surface area contributed by atoms with Crippen LogP contribution < -0.4 is 15.4 Å². The van der Waals surface area contributed by atoms with Crippen LogP contribution in [0.1, 0.15) is 10.4 Å². The van der Waals surface area contributed by atoms with Crippen molar-refractivity contribution in [2.45, 2.75) is 12.6 Å². The van der Waals surface area contributed by atoms with Gasteiger partial charge in [-0.3, -0.25) is 5.32 Å². The summed E-state index contributed by atoms with van der Waals surface area (Å²) < 4.78 is 25.5. The number of ether oxygens (including phenoxy) is 2. The molecular formula is C25H20ClFN4O2S. The lowest BCUT2D eigenvalue weighted by Gasteiger charge is -2.18. The van der Waals surface area contributed by atoms with Crippen molar-refractivity contribution >= 4 is 44.7 Å². The fourth-order valence-corrected chi connectivity index (χ4v) is 4.59. The van der Waals surface area contributed by atoms with Crippen LogP contribution in [0.15, 0.2) is 54.9 Å². The van der Waals surface area contributed by atoms with E-state index in [4.69, 9.17) is 21.1 Å². The lowest BCUT2D eigenvalue weighted by atomic mass is 10.2. The van der Waals surface area contributed by atoms with Crippen LogP contribution in [0.5, 0.6) is 5.75 Å². The Bertz CT molecular complexity index is 1380. The maximum Gasteiger partial charge on any atom is 0.151 e. The van der Waals surface area contributed by atoms with Crippen molar-refractivity contribution < 1.29 is 13.9 Å². The highest BCUT2D eigenvalue weighted by Gasteiger charge is 2.12. The molecule has 0 spiro atoms. The van der Waals surface area contributed by atoms with Crippen LogP contribution >= 0.6 is 22.9 Å². The molecule has 34 heavy (non-hydrogen) atoms. The summed E-state index contributed by atoms with van der Waals surface area (Å²) in [6.45, 7) is 2.34. The molecule has 1 fully saturated rings. The van der Waals surface area contributed by atoms with Gasteiger partial charge in [0.15, 0.2) is 5.82 Å². The molecule has 1 saturated heterocycles. The maximum atomic E-state index is 13.4. The Hall–Kier alpha value is -3.22. The highest BCUT2D eigenvalue weighted by Crippen LogP contribution is 2.33. The quantitative estimate of drug-likeness (QED) is 0.374. The Labute approximate surface area is 205 Å². The van der Waals surface area contributed by atoms with Crippen LogP contribution in [0.25, 0.3) is 10.2 Å². The molecule has 1 aliphatic rings. The minimum atomic E-state index is -0.301. The maximum absolute atomic E-state index is 13.4. The van der Waals surface area contributed by atoms with Gasteiger partial charge >= 0.3 is 0 Å². The number of rotatable bonds is 5. The third-order valence-electron chi connectivity index (χ3n) is 5.08. The molecule has 172 valence electrons. The van der Waals surface area contributed by atoms with Crippen molar-refractivity contribution in [3.05, 3.63) is 76.1 Å². The largest absolute Gasteiger partial charge is 0.487 e. The number of nitrogens with one attached hydrogen (secondary N) is 2. The van der Waals surface area contributed by atoms with Gasteiger partial charge in [-0.15, -0.1) is 11.3 Å². The molecule has 0 amide bonds. The number of hydrogen-bond donors (Lipinski definition) is 2. The number of anilines is 2. The summed E-state index contributed by atoms with van der Waals surface area (Å²) in [5.74, 6) is 7.31. The first-order valence-electron chi connectivity index (χ1n) is 10.6. The zero-order chi connectivity index (χ0) is 23.3. The predicted octanol–water partition coefficient (Wildman–Crippen LogP) is 5.15. The van der Waals surface area contributed by atoms with Crippen LogP contribution in [0.3, 0.4) is 0 Å². The van der Waals surface area contributed by atoms with E-state index in [9.17, 15) is 4.39 Å². The molecule has 2 aromatic heterocycles. The van der Waals surface area contributed by atoms with Gasteiger partial charge in [0.05, 0.1) is 39.4 Å². The van der Waals surface area contributed by atoms with E-state index in [2.05, 4.69) is 32.4 Å². The van der Waals surface area contributed by atoms with Gasteiger partial charge in [-0.2, -0.15) is 0 Å². The van der Waals surface area contributed by atoms with E-state index in [1.165, 1.54) is 29.8 Å². The zero-order valence-corrected chi connectivity index (χ0v) is 19.5. The zero-order valence-electron chi connectivity index (χ0n) is 18.0. The summed E-state index contributed by atoms with van der Waals surface area (Å²) in [6.07, 6.45) is 1.52. The smallest absolute Gasteiger partial charge is 0.151 e. The van der Waals surface area contributed by atoms with Gasteiger partial charge in [0.1, 0.15) is 24.5 Å². The molecule has 1 atom stereocenters. The standard InChI is InChI=1S/C25H20ClFN4O2S/c26-21-11-18(5-7-23(21)33-13-16-2-1-3-17(27)10-16)31-25-24-22(29-15-30-25)12-20(34-24)6-4-19-14-32-9-8-28-19/h1-3,5,7,10-12,15,19,28H,8-9,13-14H2,(H,29,30,31). The molecule has 4 aromatic rings. The minimum absolute atomic E-state index is 0.0337. The monoisotopic (exact) mass is 494 g/mol. The molecule has 0 bridgehead atoms. The van der Waals surface area contributed by atoms with E-state index >= 15 is 0 Å². The molecule has 1 unspecified atom stereocenters. The summed E-state index contributed by atoms with van der Waals surface area (Å²) in [6, 6.07) is 13.7. The Morgan fingerprint density at radius 3 is 3.00 bits per heavy atom. The fraction of sp³-hybridized carbons (Fsp3) is 0.200. The first kappa shape index (κ1) is 22.6. The van der Waals surface area contributed by atoms with Crippen LogP contribution in [0.4, 0.5) is 15.9 Å². The van der Waals surface area contributed by atoms with Crippen LogP contribution in [-0.2, 0) is 11.3 Å². The lowest BCUT2D eigenvalue weighted by Crippen LogP contribution is -2.40. The lowest BCUT2D eigenvalue weighted by molar-refractivity contribution is 0.0925. The molecule has 2 N–H and O–H groups in total. The van der Waals surface area contributed by atoms with E-state index in [1.807, 2.05) is 12.1 Å². The molecule has 6 nitrogen and oxygen atoms in total. The second-order valence-corrected chi connectivity index (χ2v) is 9.05. The summed E-state index contributed by atoms with van der Waals surface area (Å²) >= 11 is 7.95. The molecule has 9 heteroatoms. The fourth-order valence-electron chi connectivity index (χ4n) is 3.44. The Morgan fingerprint density at radius 2 is 2.18 bits per heavy atom. The number of benzene rings is 2. The highest BCUT2D eigenvalue weighted by atomic mass is 35.5. The van der Waals surface area contributed by atoms with Crippen LogP contribution in [-0.4, -0.2) is 35.8 Å². The van der Waals surface area contributed by atoms with Gasteiger partial charge in [0.25, 0.3) is 0 Å². The van der Waals surface area contributed by atoms with Crippen LogP contribution in [0, 0.1) is 17.7 Å². The van der Waals surface area contributed by atoms with E-state index < -0.39 is 0 Å². The van der Waals surface area contributed by atoms with Crippen molar-refractivity contribution in [3.8, 4) is 17.6 Å². The van der Waals surface area contributed by atoms with Gasteiger partial charge in [0, 0.05) is 12.2 Å². The van der Waals surface area contributed by atoms with E-state index in [0.29, 0.717) is 23.2 Å². The first-order chi connectivity index (χ1) is 16.6. The summed E-state index contributed by atoms with van der Waals surface area (Å²) in [5.41, 5.74) is 2.30. The van der Waals surface area contributed by atoms with Crippen molar-refractivity contribution in [1.29, 1.82) is 0 Å². The van der Waals surface area contributed by atoms with Gasteiger partial charge in [-0.1, -0.05) is 35.6 Å². The Kier molecular flexibility index (Phi) is 6.88. The van der Waals surface area contributed by atoms with Crippen LogP contribution in [0.2, 0.25) is 5.02 Å². The number of aromatic nitrogens is 2. The van der Waals surface area contributed by atoms with Crippen molar-refractivity contribution in [1.82, 2.24) is 15.3 Å². The number of thiophene rings is 1. The summed E-state index contributed by atoms with van der Waals surface area (Å²) in [4.78, 5) is 9.68. The van der Waals surface area contributed by atoms with E-state index in [-0.39, 0.29) is 18.5 Å².